The quantitative estimate of drug-likeness (QED) is 0.591. The topological polar surface area (TPSA) is 42.2 Å². The minimum absolute atomic E-state index is 0.204. The van der Waals surface area contributed by atoms with Crippen molar-refractivity contribution in [1.29, 1.82) is 0 Å². The maximum atomic E-state index is 13.3. The van der Waals surface area contributed by atoms with Crippen molar-refractivity contribution in [2.45, 2.75) is 6.92 Å². The van der Waals surface area contributed by atoms with Crippen LogP contribution in [0.5, 0.6) is 0 Å². The number of fused-ring (bicyclic) bond motifs is 1. The normalized spacial score (nSPS) is 11.2. The highest BCUT2D eigenvalue weighted by Gasteiger charge is 2.11. The molecule has 0 aliphatic heterocycles. The van der Waals surface area contributed by atoms with Gasteiger partial charge in [0.05, 0.1) is 11.9 Å². The lowest BCUT2D eigenvalue weighted by Gasteiger charge is -2.04. The van der Waals surface area contributed by atoms with Crippen LogP contribution >= 0.6 is 22.7 Å². The van der Waals surface area contributed by atoms with Crippen LogP contribution < -0.4 is 5.32 Å². The maximum absolute atomic E-state index is 13.3. The van der Waals surface area contributed by atoms with Gasteiger partial charge >= 0.3 is 0 Å². The van der Waals surface area contributed by atoms with E-state index in [0.717, 1.165) is 27.2 Å². The minimum Gasteiger partial charge on any atom is -0.332 e. The highest BCUT2D eigenvalue weighted by molar-refractivity contribution is 7.15. The lowest BCUT2D eigenvalue weighted by molar-refractivity contribution is 0.619. The minimum atomic E-state index is -0.204. The number of anilines is 2. The standard InChI is InChI=1S/C15H11FN4S2/c1-9-6-10(2-3-11(9)16)18-14-19-12(8-22-14)13-7-17-15-20(13)4-5-21-15/h2-8H,1H3,(H,18,19). The second-order valence-electron chi connectivity index (χ2n) is 4.83. The summed E-state index contributed by atoms with van der Waals surface area (Å²) < 4.78 is 15.3. The molecule has 0 aliphatic carbocycles. The van der Waals surface area contributed by atoms with Crippen molar-refractivity contribution < 1.29 is 4.39 Å². The van der Waals surface area contributed by atoms with Crippen LogP contribution in [-0.2, 0) is 0 Å². The summed E-state index contributed by atoms with van der Waals surface area (Å²) in [5.74, 6) is -0.204. The Kier molecular flexibility index (Phi) is 3.16. The van der Waals surface area contributed by atoms with E-state index >= 15 is 0 Å². The van der Waals surface area contributed by atoms with Gasteiger partial charge in [0.1, 0.15) is 11.5 Å². The van der Waals surface area contributed by atoms with Crippen LogP contribution in [0.25, 0.3) is 16.3 Å². The van der Waals surface area contributed by atoms with Gasteiger partial charge in [0.15, 0.2) is 10.1 Å². The van der Waals surface area contributed by atoms with E-state index in [1.165, 1.54) is 17.4 Å². The molecule has 0 aliphatic rings. The van der Waals surface area contributed by atoms with E-state index < -0.39 is 0 Å². The fourth-order valence-corrected chi connectivity index (χ4v) is 3.63. The number of aromatic nitrogens is 3. The van der Waals surface area contributed by atoms with Crippen LogP contribution in [0.2, 0.25) is 0 Å². The number of hydrogen-bond acceptors (Lipinski definition) is 5. The van der Waals surface area contributed by atoms with E-state index in [0.29, 0.717) is 5.56 Å². The molecule has 110 valence electrons. The predicted octanol–water partition coefficient (Wildman–Crippen LogP) is 4.71. The summed E-state index contributed by atoms with van der Waals surface area (Å²) >= 11 is 3.10. The fraction of sp³-hybridized carbons (Fsp3) is 0.0667. The third-order valence-corrected chi connectivity index (χ3v) is 4.85. The summed E-state index contributed by atoms with van der Waals surface area (Å²) in [6.07, 6.45) is 3.81. The van der Waals surface area contributed by atoms with Gasteiger partial charge in [0.25, 0.3) is 0 Å². The van der Waals surface area contributed by atoms with Gasteiger partial charge < -0.3 is 5.32 Å². The fourth-order valence-electron chi connectivity index (χ4n) is 2.21. The van der Waals surface area contributed by atoms with E-state index in [2.05, 4.69) is 15.3 Å². The Bertz CT molecular complexity index is 953. The highest BCUT2D eigenvalue weighted by atomic mass is 32.1. The molecule has 0 atom stereocenters. The molecule has 0 fully saturated rings. The van der Waals surface area contributed by atoms with Crippen molar-refractivity contribution >= 4 is 38.5 Å². The molecular weight excluding hydrogens is 319 g/mol. The first-order chi connectivity index (χ1) is 10.7. The predicted molar refractivity (Wildman–Crippen MR) is 88.6 cm³/mol. The zero-order valence-electron chi connectivity index (χ0n) is 11.6. The number of nitrogens with one attached hydrogen (secondary N) is 1. The molecule has 1 N–H and O–H groups in total. The van der Waals surface area contributed by atoms with Gasteiger partial charge in [-0.15, -0.1) is 22.7 Å². The SMILES string of the molecule is Cc1cc(Nc2nc(-c3cnc4sccn34)cs2)ccc1F. The molecule has 3 heterocycles. The maximum Gasteiger partial charge on any atom is 0.194 e. The van der Waals surface area contributed by atoms with Crippen LogP contribution in [0.15, 0.2) is 41.4 Å². The average Bonchev–Trinajstić information content (AvgIpc) is 3.18. The molecule has 4 rings (SSSR count). The summed E-state index contributed by atoms with van der Waals surface area (Å²) in [6.45, 7) is 1.74. The smallest absolute Gasteiger partial charge is 0.194 e. The Morgan fingerprint density at radius 3 is 3.05 bits per heavy atom. The Labute approximate surface area is 133 Å². The molecule has 0 spiro atoms. The second kappa shape index (κ2) is 5.19. The molecule has 0 radical (unpaired) electrons. The molecule has 0 amide bonds. The van der Waals surface area contributed by atoms with Gasteiger partial charge in [-0.25, -0.2) is 14.4 Å². The first kappa shape index (κ1) is 13.4. The monoisotopic (exact) mass is 330 g/mol. The van der Waals surface area contributed by atoms with E-state index in [9.17, 15) is 4.39 Å². The zero-order valence-corrected chi connectivity index (χ0v) is 13.2. The summed E-state index contributed by atoms with van der Waals surface area (Å²) in [4.78, 5) is 9.89. The van der Waals surface area contributed by atoms with Crippen LogP contribution in [-0.4, -0.2) is 14.4 Å². The van der Waals surface area contributed by atoms with E-state index in [4.69, 9.17) is 0 Å². The number of benzene rings is 1. The number of aryl methyl sites for hydroxylation is 1. The first-order valence-corrected chi connectivity index (χ1v) is 8.36. The average molecular weight is 330 g/mol. The third kappa shape index (κ3) is 2.28. The highest BCUT2D eigenvalue weighted by Crippen LogP contribution is 2.29. The Morgan fingerprint density at radius 1 is 1.27 bits per heavy atom. The Morgan fingerprint density at radius 2 is 2.18 bits per heavy atom. The van der Waals surface area contributed by atoms with Crippen molar-refractivity contribution in [3.05, 3.63) is 52.7 Å². The number of rotatable bonds is 3. The summed E-state index contributed by atoms with van der Waals surface area (Å²) in [7, 11) is 0. The van der Waals surface area contributed by atoms with Crippen molar-refractivity contribution in [3.8, 4) is 11.4 Å². The van der Waals surface area contributed by atoms with E-state index in [-0.39, 0.29) is 5.82 Å². The number of halogens is 1. The zero-order chi connectivity index (χ0) is 15.1. The lowest BCUT2D eigenvalue weighted by atomic mass is 10.2. The van der Waals surface area contributed by atoms with Gasteiger partial charge in [-0.3, -0.25) is 4.40 Å². The Hall–Kier alpha value is -2.25. The molecular formula is C15H11FN4S2. The Balaban J connectivity index is 1.64. The van der Waals surface area contributed by atoms with Gasteiger partial charge in [-0.1, -0.05) is 0 Å². The number of hydrogen-bond donors (Lipinski definition) is 1. The number of imidazole rings is 1. The molecule has 4 nitrogen and oxygen atoms in total. The van der Waals surface area contributed by atoms with E-state index in [1.54, 1.807) is 30.4 Å². The van der Waals surface area contributed by atoms with Crippen molar-refractivity contribution in [2.24, 2.45) is 0 Å². The van der Waals surface area contributed by atoms with Gasteiger partial charge in [0, 0.05) is 22.6 Å². The molecule has 1 aromatic carbocycles. The summed E-state index contributed by atoms with van der Waals surface area (Å²) in [5, 5.41) is 7.96. The van der Waals surface area contributed by atoms with Crippen LogP contribution in [0.4, 0.5) is 15.2 Å². The second-order valence-corrected chi connectivity index (χ2v) is 6.56. The molecule has 3 aromatic heterocycles. The molecule has 7 heteroatoms. The van der Waals surface area contributed by atoms with Gasteiger partial charge in [0.2, 0.25) is 0 Å². The molecule has 0 saturated carbocycles. The van der Waals surface area contributed by atoms with Crippen LogP contribution in [0.1, 0.15) is 5.56 Å². The largest absolute Gasteiger partial charge is 0.332 e. The molecule has 4 aromatic rings. The summed E-state index contributed by atoms with van der Waals surface area (Å²) in [6, 6.07) is 4.93. The van der Waals surface area contributed by atoms with Gasteiger partial charge in [-0.05, 0) is 30.7 Å². The molecule has 0 saturated heterocycles. The summed E-state index contributed by atoms with van der Waals surface area (Å²) in [5.41, 5.74) is 3.28. The third-order valence-electron chi connectivity index (χ3n) is 3.32. The van der Waals surface area contributed by atoms with E-state index in [1.807, 2.05) is 27.6 Å². The molecule has 0 bridgehead atoms. The molecule has 0 unspecified atom stereocenters. The van der Waals surface area contributed by atoms with Crippen molar-refractivity contribution in [1.82, 2.24) is 14.4 Å². The van der Waals surface area contributed by atoms with Crippen LogP contribution in [0, 0.1) is 12.7 Å². The van der Waals surface area contributed by atoms with Crippen molar-refractivity contribution in [3.63, 3.8) is 0 Å². The first-order valence-electron chi connectivity index (χ1n) is 6.60. The van der Waals surface area contributed by atoms with Crippen molar-refractivity contribution in [2.75, 3.05) is 5.32 Å². The number of thiazole rings is 2. The van der Waals surface area contributed by atoms with Gasteiger partial charge in [-0.2, -0.15) is 0 Å². The molecule has 22 heavy (non-hydrogen) atoms. The van der Waals surface area contributed by atoms with Crippen LogP contribution in [0.3, 0.4) is 0 Å². The lowest BCUT2D eigenvalue weighted by Crippen LogP contribution is -1.92. The number of nitrogens with zero attached hydrogens (tertiary/aromatic N) is 3.